The Kier molecular flexibility index (Phi) is 13.0. The van der Waals surface area contributed by atoms with Crippen molar-refractivity contribution in [3.05, 3.63) is 16.7 Å². The van der Waals surface area contributed by atoms with Gasteiger partial charge in [0.2, 0.25) is 0 Å². The van der Waals surface area contributed by atoms with Crippen molar-refractivity contribution in [2.24, 2.45) is 15.0 Å². The molecule has 2 unspecified atom stereocenters. The van der Waals surface area contributed by atoms with Crippen LogP contribution in [0.1, 0.15) is 122 Å². The van der Waals surface area contributed by atoms with Gasteiger partial charge in [-0.2, -0.15) is 0 Å². The van der Waals surface area contributed by atoms with E-state index >= 15 is 0 Å². The summed E-state index contributed by atoms with van der Waals surface area (Å²) in [5, 5.41) is 11.9. The predicted octanol–water partition coefficient (Wildman–Crippen LogP) is 7.25. The van der Waals surface area contributed by atoms with E-state index in [9.17, 15) is 0 Å². The van der Waals surface area contributed by atoms with Gasteiger partial charge >= 0.3 is 0 Å². The molecule has 0 aromatic carbocycles. The van der Waals surface area contributed by atoms with Gasteiger partial charge in [0.15, 0.2) is 0 Å². The third kappa shape index (κ3) is 10.5. The lowest BCUT2D eigenvalue weighted by Gasteiger charge is -2.43. The molecule has 0 spiro atoms. The van der Waals surface area contributed by atoms with Crippen LogP contribution in [0, 0.1) is 0 Å². The SMILES string of the molecule is CCC1=C(CC)[N-]C(C)(C)C=N1.CCC1=NCC(C)(C)N=C1CC.CCC1NCC(C)(C)NC1CC. The molecule has 3 aliphatic heterocycles. The fourth-order valence-corrected chi connectivity index (χ4v) is 4.77. The second-order valence-corrected chi connectivity index (χ2v) is 11.9. The zero-order chi connectivity index (χ0) is 27.6. The molecular formula is C30H57N6-. The van der Waals surface area contributed by atoms with E-state index in [1.54, 1.807) is 0 Å². The molecule has 0 aromatic heterocycles. The Morgan fingerprint density at radius 2 is 1.44 bits per heavy atom. The minimum absolute atomic E-state index is 0.0318. The van der Waals surface area contributed by atoms with E-state index in [0.717, 1.165) is 44.5 Å². The van der Waals surface area contributed by atoms with Crippen LogP contribution < -0.4 is 10.6 Å². The molecule has 2 N–H and O–H groups in total. The van der Waals surface area contributed by atoms with E-state index in [0.29, 0.717) is 12.1 Å². The molecule has 6 nitrogen and oxygen atoms in total. The molecule has 208 valence electrons. The number of allylic oxidation sites excluding steroid dienone is 2. The standard InChI is InChI=1S/C10H22N2.C10H18N2.C10H17N2/c3*1-5-8-9(6-2)12-10(3,4)7-11-8/h8-9,11-12H,5-7H2,1-4H3;5-7H2,1-4H3;7H,5-6H2,1-4H3/q;;-1. The second-order valence-electron chi connectivity index (χ2n) is 11.9. The highest BCUT2D eigenvalue weighted by Gasteiger charge is 2.31. The van der Waals surface area contributed by atoms with Gasteiger partial charge in [0.25, 0.3) is 0 Å². The quantitative estimate of drug-likeness (QED) is 0.402. The van der Waals surface area contributed by atoms with Crippen LogP contribution in [0.2, 0.25) is 0 Å². The van der Waals surface area contributed by atoms with E-state index in [-0.39, 0.29) is 16.6 Å². The summed E-state index contributed by atoms with van der Waals surface area (Å²) in [6.07, 6.45) is 8.38. The maximum absolute atomic E-state index is 4.67. The molecule has 3 aliphatic rings. The Morgan fingerprint density at radius 3 is 1.94 bits per heavy atom. The Bertz CT molecular complexity index is 800. The van der Waals surface area contributed by atoms with Gasteiger partial charge in [0.1, 0.15) is 0 Å². The first-order valence-electron chi connectivity index (χ1n) is 14.4. The van der Waals surface area contributed by atoms with Gasteiger partial charge in [0.05, 0.1) is 23.5 Å². The van der Waals surface area contributed by atoms with E-state index < -0.39 is 0 Å². The number of nitrogens with zero attached hydrogens (tertiary/aromatic N) is 4. The lowest BCUT2D eigenvalue weighted by Crippen LogP contribution is -2.65. The van der Waals surface area contributed by atoms with Crippen LogP contribution in [0.5, 0.6) is 0 Å². The Morgan fingerprint density at radius 1 is 0.833 bits per heavy atom. The summed E-state index contributed by atoms with van der Waals surface area (Å²) in [4.78, 5) is 13.6. The average Bonchev–Trinajstić information content (AvgIpc) is 2.83. The average molecular weight is 502 g/mol. The Balaban J connectivity index is 0.000000270. The molecule has 0 amide bonds. The fraction of sp³-hybridized carbons (Fsp3) is 0.833. The Hall–Kier alpha value is -1.53. The molecule has 1 saturated heterocycles. The van der Waals surface area contributed by atoms with Gasteiger partial charge in [0, 0.05) is 29.9 Å². The van der Waals surface area contributed by atoms with Crippen LogP contribution in [0.15, 0.2) is 26.4 Å². The van der Waals surface area contributed by atoms with Gasteiger partial charge in [-0.1, -0.05) is 60.9 Å². The van der Waals surface area contributed by atoms with Crippen molar-refractivity contribution in [1.82, 2.24) is 10.6 Å². The zero-order valence-electron chi connectivity index (χ0n) is 25.7. The summed E-state index contributed by atoms with van der Waals surface area (Å²) < 4.78 is 0. The first-order valence-corrected chi connectivity index (χ1v) is 14.4. The lowest BCUT2D eigenvalue weighted by molar-refractivity contribution is 0.200. The van der Waals surface area contributed by atoms with Crippen molar-refractivity contribution in [2.45, 2.75) is 150 Å². The number of nitrogens with one attached hydrogen (secondary N) is 2. The predicted molar refractivity (Wildman–Crippen MR) is 161 cm³/mol. The summed E-state index contributed by atoms with van der Waals surface area (Å²) in [5.41, 5.74) is 4.94. The monoisotopic (exact) mass is 501 g/mol. The Labute approximate surface area is 223 Å². The minimum Gasteiger partial charge on any atom is -0.677 e. The topological polar surface area (TPSA) is 75.2 Å². The minimum atomic E-state index is -0.0932. The van der Waals surface area contributed by atoms with Gasteiger partial charge in [-0.15, -0.1) is 5.70 Å². The molecule has 0 saturated carbocycles. The van der Waals surface area contributed by atoms with Crippen molar-refractivity contribution in [1.29, 1.82) is 0 Å². The van der Waals surface area contributed by atoms with Crippen LogP contribution in [0.3, 0.4) is 0 Å². The van der Waals surface area contributed by atoms with Crippen LogP contribution >= 0.6 is 0 Å². The smallest absolute Gasteiger partial charge is 0.0750 e. The van der Waals surface area contributed by atoms with Crippen molar-refractivity contribution < 1.29 is 0 Å². The molecule has 3 rings (SSSR count). The van der Waals surface area contributed by atoms with Gasteiger partial charge in [-0.3, -0.25) is 15.0 Å². The van der Waals surface area contributed by atoms with Crippen molar-refractivity contribution >= 4 is 17.6 Å². The summed E-state index contributed by atoms with van der Waals surface area (Å²) >= 11 is 0. The maximum Gasteiger partial charge on any atom is 0.0750 e. The van der Waals surface area contributed by atoms with Crippen LogP contribution in [0.25, 0.3) is 5.32 Å². The summed E-state index contributed by atoms with van der Waals surface area (Å²) in [6.45, 7) is 27.9. The van der Waals surface area contributed by atoms with E-state index in [1.807, 2.05) is 6.21 Å². The van der Waals surface area contributed by atoms with Gasteiger partial charge < -0.3 is 16.0 Å². The first-order chi connectivity index (χ1) is 16.8. The van der Waals surface area contributed by atoms with E-state index in [2.05, 4.69) is 114 Å². The highest BCUT2D eigenvalue weighted by atomic mass is 15.1. The molecule has 36 heavy (non-hydrogen) atoms. The highest BCUT2D eigenvalue weighted by Crippen LogP contribution is 2.31. The molecule has 6 heteroatoms. The number of rotatable bonds is 6. The van der Waals surface area contributed by atoms with Crippen LogP contribution in [-0.2, 0) is 0 Å². The lowest BCUT2D eigenvalue weighted by atomic mass is 9.92. The molecule has 1 fully saturated rings. The van der Waals surface area contributed by atoms with Crippen molar-refractivity contribution in [2.75, 3.05) is 13.1 Å². The summed E-state index contributed by atoms with van der Waals surface area (Å²) in [6, 6.07) is 1.32. The maximum atomic E-state index is 4.67. The van der Waals surface area contributed by atoms with Crippen molar-refractivity contribution in [3.8, 4) is 0 Å². The normalized spacial score (nSPS) is 25.9. The molecule has 3 heterocycles. The fourth-order valence-electron chi connectivity index (χ4n) is 4.77. The molecule has 0 aliphatic carbocycles. The largest absolute Gasteiger partial charge is 0.677 e. The number of aliphatic imine (C=N–C) groups is 3. The van der Waals surface area contributed by atoms with Gasteiger partial charge in [-0.05, 0) is 72.4 Å². The summed E-state index contributed by atoms with van der Waals surface area (Å²) in [7, 11) is 0. The molecular weight excluding hydrogens is 444 g/mol. The molecule has 0 aromatic rings. The molecule has 2 atom stereocenters. The zero-order valence-corrected chi connectivity index (χ0v) is 25.7. The number of hydrogen-bond acceptors (Lipinski definition) is 5. The second kappa shape index (κ2) is 14.4. The highest BCUT2D eigenvalue weighted by molar-refractivity contribution is 6.42. The molecule has 0 bridgehead atoms. The van der Waals surface area contributed by atoms with Crippen molar-refractivity contribution in [3.63, 3.8) is 0 Å². The van der Waals surface area contributed by atoms with Gasteiger partial charge in [-0.25, -0.2) is 0 Å². The van der Waals surface area contributed by atoms with Crippen LogP contribution in [-0.4, -0.2) is 59.4 Å². The number of hydrogen-bond donors (Lipinski definition) is 2. The summed E-state index contributed by atoms with van der Waals surface area (Å²) in [5.74, 6) is 0. The first kappa shape index (κ1) is 32.5. The van der Waals surface area contributed by atoms with Crippen LogP contribution in [0.4, 0.5) is 0 Å². The van der Waals surface area contributed by atoms with E-state index in [4.69, 9.17) is 0 Å². The number of piperazine rings is 1. The van der Waals surface area contributed by atoms with E-state index in [1.165, 1.54) is 30.0 Å². The third-order valence-corrected chi connectivity index (χ3v) is 6.81. The molecule has 0 radical (unpaired) electrons. The third-order valence-electron chi connectivity index (χ3n) is 6.81.